The molecule has 0 bridgehead atoms. The van der Waals surface area contributed by atoms with Gasteiger partial charge in [-0.1, -0.05) is 60.7 Å². The predicted octanol–water partition coefficient (Wildman–Crippen LogP) is 4.29. The fraction of sp³-hybridized carbons (Fsp3) is 0.167. The lowest BCUT2D eigenvalue weighted by Crippen LogP contribution is -2.30. The van der Waals surface area contributed by atoms with Gasteiger partial charge in [-0.2, -0.15) is 0 Å². The third kappa shape index (κ3) is 4.12. The van der Waals surface area contributed by atoms with Crippen LogP contribution in [0.5, 0.6) is 0 Å². The number of fused-ring (bicyclic) bond motifs is 1. The predicted molar refractivity (Wildman–Crippen MR) is 110 cm³/mol. The molecular weight excluding hydrogens is 348 g/mol. The largest absolute Gasteiger partial charge is 0.345 e. The molecule has 0 saturated carbocycles. The standard InChI is InChI=1S/C24H22N2O2/c27-23-14-12-19-16-20(11-13-21(19)25-23)24(28)26-22(18-9-5-2-6-10-18)15-17-7-3-1-4-8-17/h1-11,13,16,22H,12,14-15H2,(H,25,27)(H,26,28). The van der Waals surface area contributed by atoms with Crippen molar-refractivity contribution in [2.24, 2.45) is 0 Å². The second-order valence-electron chi connectivity index (χ2n) is 7.05. The van der Waals surface area contributed by atoms with Crippen LogP contribution in [0.15, 0.2) is 78.9 Å². The van der Waals surface area contributed by atoms with E-state index in [1.807, 2.05) is 60.7 Å². The van der Waals surface area contributed by atoms with E-state index in [2.05, 4.69) is 22.8 Å². The van der Waals surface area contributed by atoms with Gasteiger partial charge in [-0.15, -0.1) is 0 Å². The minimum absolute atomic E-state index is 0.0247. The molecule has 1 heterocycles. The first-order chi connectivity index (χ1) is 13.7. The SMILES string of the molecule is O=C1CCc2cc(C(=O)NC(Cc3ccccc3)c3ccccc3)ccc2N1. The quantitative estimate of drug-likeness (QED) is 0.704. The van der Waals surface area contributed by atoms with Crippen LogP contribution in [0.2, 0.25) is 0 Å². The number of benzene rings is 3. The fourth-order valence-electron chi connectivity index (χ4n) is 3.55. The molecule has 1 aliphatic rings. The van der Waals surface area contributed by atoms with Crippen LogP contribution in [0.1, 0.15) is 39.5 Å². The smallest absolute Gasteiger partial charge is 0.251 e. The average molecular weight is 370 g/mol. The number of anilines is 1. The molecule has 0 saturated heterocycles. The van der Waals surface area contributed by atoms with E-state index in [-0.39, 0.29) is 17.9 Å². The average Bonchev–Trinajstić information content (AvgIpc) is 2.74. The van der Waals surface area contributed by atoms with Crippen LogP contribution in [-0.2, 0) is 17.6 Å². The zero-order chi connectivity index (χ0) is 19.3. The topological polar surface area (TPSA) is 58.2 Å². The van der Waals surface area contributed by atoms with Crippen LogP contribution in [0.4, 0.5) is 5.69 Å². The summed E-state index contributed by atoms with van der Waals surface area (Å²) in [6.45, 7) is 0. The van der Waals surface area contributed by atoms with Crippen molar-refractivity contribution in [2.75, 3.05) is 5.32 Å². The van der Waals surface area contributed by atoms with Gasteiger partial charge in [0.15, 0.2) is 0 Å². The van der Waals surface area contributed by atoms with E-state index in [9.17, 15) is 9.59 Å². The van der Waals surface area contributed by atoms with E-state index >= 15 is 0 Å². The van der Waals surface area contributed by atoms with Crippen LogP contribution in [0.25, 0.3) is 0 Å². The molecule has 3 aromatic rings. The number of hydrogen-bond acceptors (Lipinski definition) is 2. The van der Waals surface area contributed by atoms with Gasteiger partial charge in [0.05, 0.1) is 6.04 Å². The highest BCUT2D eigenvalue weighted by molar-refractivity contribution is 5.98. The zero-order valence-corrected chi connectivity index (χ0v) is 15.5. The van der Waals surface area contributed by atoms with Crippen molar-refractivity contribution >= 4 is 17.5 Å². The fourth-order valence-corrected chi connectivity index (χ4v) is 3.55. The lowest BCUT2D eigenvalue weighted by molar-refractivity contribution is -0.116. The van der Waals surface area contributed by atoms with Gasteiger partial charge in [0, 0.05) is 17.7 Å². The summed E-state index contributed by atoms with van der Waals surface area (Å²) in [6, 6.07) is 25.5. The van der Waals surface area contributed by atoms with Crippen molar-refractivity contribution < 1.29 is 9.59 Å². The number of nitrogens with one attached hydrogen (secondary N) is 2. The Morgan fingerprint density at radius 2 is 1.64 bits per heavy atom. The molecule has 0 aromatic heterocycles. The molecular formula is C24H22N2O2. The van der Waals surface area contributed by atoms with Gasteiger partial charge in [-0.3, -0.25) is 9.59 Å². The maximum Gasteiger partial charge on any atom is 0.251 e. The molecule has 3 aromatic carbocycles. The van der Waals surface area contributed by atoms with Gasteiger partial charge in [-0.05, 0) is 47.7 Å². The minimum Gasteiger partial charge on any atom is -0.345 e. The van der Waals surface area contributed by atoms with Crippen molar-refractivity contribution in [2.45, 2.75) is 25.3 Å². The first-order valence-corrected chi connectivity index (χ1v) is 9.51. The van der Waals surface area contributed by atoms with Gasteiger partial charge >= 0.3 is 0 Å². The molecule has 2 N–H and O–H groups in total. The van der Waals surface area contributed by atoms with Crippen molar-refractivity contribution in [3.8, 4) is 0 Å². The Hall–Kier alpha value is -3.40. The number of carbonyl (C=O) groups excluding carboxylic acids is 2. The van der Waals surface area contributed by atoms with Gasteiger partial charge in [0.25, 0.3) is 5.91 Å². The Morgan fingerprint density at radius 3 is 2.39 bits per heavy atom. The molecule has 2 amide bonds. The monoisotopic (exact) mass is 370 g/mol. The van der Waals surface area contributed by atoms with E-state index in [1.165, 1.54) is 5.56 Å². The van der Waals surface area contributed by atoms with Crippen molar-refractivity contribution in [3.63, 3.8) is 0 Å². The zero-order valence-electron chi connectivity index (χ0n) is 15.5. The second-order valence-corrected chi connectivity index (χ2v) is 7.05. The molecule has 0 radical (unpaired) electrons. The molecule has 1 unspecified atom stereocenters. The highest BCUT2D eigenvalue weighted by Gasteiger charge is 2.19. The summed E-state index contributed by atoms with van der Waals surface area (Å²) in [5.41, 5.74) is 4.67. The van der Waals surface area contributed by atoms with Gasteiger partial charge in [0.1, 0.15) is 0 Å². The summed E-state index contributed by atoms with van der Waals surface area (Å²) in [7, 11) is 0. The number of carbonyl (C=O) groups is 2. The normalized spacial score (nSPS) is 13.9. The highest BCUT2D eigenvalue weighted by atomic mass is 16.2. The maximum atomic E-state index is 13.0. The number of amides is 2. The Kier molecular flexibility index (Phi) is 5.20. The van der Waals surface area contributed by atoms with Gasteiger partial charge in [0.2, 0.25) is 5.91 Å². The molecule has 0 aliphatic carbocycles. The number of hydrogen-bond donors (Lipinski definition) is 2. The van der Waals surface area contributed by atoms with Gasteiger partial charge < -0.3 is 10.6 Å². The number of rotatable bonds is 5. The van der Waals surface area contributed by atoms with E-state index in [4.69, 9.17) is 0 Å². The van der Waals surface area contributed by atoms with Gasteiger partial charge in [-0.25, -0.2) is 0 Å². The highest BCUT2D eigenvalue weighted by Crippen LogP contribution is 2.24. The molecule has 1 atom stereocenters. The third-order valence-electron chi connectivity index (χ3n) is 5.05. The molecule has 140 valence electrons. The molecule has 0 spiro atoms. The van der Waals surface area contributed by atoms with Crippen LogP contribution in [0, 0.1) is 0 Å². The summed E-state index contributed by atoms with van der Waals surface area (Å²) in [5, 5.41) is 6.04. The summed E-state index contributed by atoms with van der Waals surface area (Å²) in [5.74, 6) is -0.0822. The molecule has 0 fully saturated rings. The van der Waals surface area contributed by atoms with Crippen LogP contribution < -0.4 is 10.6 Å². The number of aryl methyl sites for hydroxylation is 1. The minimum atomic E-state index is -0.119. The van der Waals surface area contributed by atoms with Crippen molar-refractivity contribution in [1.29, 1.82) is 0 Å². The maximum absolute atomic E-state index is 13.0. The molecule has 4 heteroatoms. The first kappa shape index (κ1) is 18.0. The van der Waals surface area contributed by atoms with Crippen LogP contribution in [0.3, 0.4) is 0 Å². The first-order valence-electron chi connectivity index (χ1n) is 9.51. The summed E-state index contributed by atoms with van der Waals surface area (Å²) in [6.07, 6.45) is 1.84. The van der Waals surface area contributed by atoms with Crippen LogP contribution >= 0.6 is 0 Å². The molecule has 4 rings (SSSR count). The Morgan fingerprint density at radius 1 is 0.929 bits per heavy atom. The molecule has 1 aliphatic heterocycles. The third-order valence-corrected chi connectivity index (χ3v) is 5.05. The van der Waals surface area contributed by atoms with E-state index < -0.39 is 0 Å². The second kappa shape index (κ2) is 8.09. The summed E-state index contributed by atoms with van der Waals surface area (Å²) < 4.78 is 0. The van der Waals surface area contributed by atoms with Crippen molar-refractivity contribution in [3.05, 3.63) is 101 Å². The summed E-state index contributed by atoms with van der Waals surface area (Å²) >= 11 is 0. The lowest BCUT2D eigenvalue weighted by Gasteiger charge is -2.21. The van der Waals surface area contributed by atoms with E-state index in [0.29, 0.717) is 18.4 Å². The van der Waals surface area contributed by atoms with E-state index in [0.717, 1.165) is 23.2 Å². The Labute approximate surface area is 164 Å². The Bertz CT molecular complexity index is 984. The van der Waals surface area contributed by atoms with Crippen LogP contribution in [-0.4, -0.2) is 11.8 Å². The summed E-state index contributed by atoms with van der Waals surface area (Å²) in [4.78, 5) is 24.5. The van der Waals surface area contributed by atoms with E-state index in [1.54, 1.807) is 6.07 Å². The Balaban J connectivity index is 1.56. The van der Waals surface area contributed by atoms with Crippen molar-refractivity contribution in [1.82, 2.24) is 5.32 Å². The lowest BCUT2D eigenvalue weighted by atomic mass is 9.97. The molecule has 28 heavy (non-hydrogen) atoms. The molecule has 4 nitrogen and oxygen atoms in total.